The van der Waals surface area contributed by atoms with Crippen LogP contribution in [0.4, 0.5) is 0 Å². The molecule has 0 radical (unpaired) electrons. The predicted octanol–water partition coefficient (Wildman–Crippen LogP) is 4.79. The third kappa shape index (κ3) is 2.75. The highest BCUT2D eigenvalue weighted by Gasteiger charge is 2.13. The Morgan fingerprint density at radius 3 is 2.22 bits per heavy atom. The fraction of sp³-hybridized carbons (Fsp3) is 0.133. The Kier molecular flexibility index (Phi) is 4.07. The van der Waals surface area contributed by atoms with Crippen LogP contribution in [0.5, 0.6) is 0 Å². The van der Waals surface area contributed by atoms with E-state index in [0.717, 1.165) is 14.7 Å². The molecular weight excluding hydrogens is 359 g/mol. The number of aryl methyl sites for hydroxylation is 2. The van der Waals surface area contributed by atoms with Crippen LogP contribution in [0, 0.1) is 17.4 Å². The number of carbonyl (C=O) groups is 1. The van der Waals surface area contributed by atoms with Gasteiger partial charge in [0.1, 0.15) is 0 Å². The summed E-state index contributed by atoms with van der Waals surface area (Å²) >= 11 is 8.37. The minimum Gasteiger partial charge on any atom is -0.289 e. The topological polar surface area (TPSA) is 17.1 Å². The molecule has 2 aromatic carbocycles. The van der Waals surface area contributed by atoms with Crippen LogP contribution in [0.1, 0.15) is 27.0 Å². The van der Waals surface area contributed by atoms with Gasteiger partial charge in [-0.25, -0.2) is 0 Å². The van der Waals surface area contributed by atoms with Crippen LogP contribution in [-0.4, -0.2) is 5.78 Å². The van der Waals surface area contributed by atoms with Gasteiger partial charge in [-0.15, -0.1) is 0 Å². The highest BCUT2D eigenvalue weighted by atomic mass is 127. The molecule has 0 aliphatic heterocycles. The van der Waals surface area contributed by atoms with Crippen LogP contribution >= 0.6 is 34.2 Å². The summed E-state index contributed by atoms with van der Waals surface area (Å²) in [7, 11) is 0. The van der Waals surface area contributed by atoms with E-state index in [4.69, 9.17) is 11.6 Å². The summed E-state index contributed by atoms with van der Waals surface area (Å²) in [5.41, 5.74) is 3.41. The monoisotopic (exact) mass is 370 g/mol. The van der Waals surface area contributed by atoms with Gasteiger partial charge in [-0.2, -0.15) is 0 Å². The molecule has 0 atom stereocenters. The zero-order valence-electron chi connectivity index (χ0n) is 10.1. The van der Waals surface area contributed by atoms with Gasteiger partial charge in [-0.05, 0) is 84.0 Å². The van der Waals surface area contributed by atoms with E-state index in [1.165, 1.54) is 0 Å². The Hall–Kier alpha value is -0.870. The summed E-state index contributed by atoms with van der Waals surface area (Å²) < 4.78 is 1.11. The fourth-order valence-electron chi connectivity index (χ4n) is 1.71. The molecule has 0 aromatic heterocycles. The molecule has 0 heterocycles. The molecule has 0 aliphatic carbocycles. The Bertz CT molecular complexity index is 603. The lowest BCUT2D eigenvalue weighted by Crippen LogP contribution is -2.03. The first kappa shape index (κ1) is 13.6. The summed E-state index contributed by atoms with van der Waals surface area (Å²) in [5.74, 6) is -0.0282. The average molecular weight is 371 g/mol. The molecule has 0 amide bonds. The molecule has 0 N–H and O–H groups in total. The molecule has 0 saturated carbocycles. The molecule has 2 rings (SSSR count). The van der Waals surface area contributed by atoms with E-state index in [1.807, 2.05) is 50.2 Å². The molecule has 0 unspecified atom stereocenters. The maximum atomic E-state index is 12.4. The van der Waals surface area contributed by atoms with Gasteiger partial charge in [0, 0.05) is 14.7 Å². The Balaban J connectivity index is 2.46. The lowest BCUT2D eigenvalue weighted by molar-refractivity contribution is 0.103. The maximum absolute atomic E-state index is 12.4. The lowest BCUT2D eigenvalue weighted by atomic mass is 9.99. The van der Waals surface area contributed by atoms with Crippen molar-refractivity contribution in [3.8, 4) is 0 Å². The van der Waals surface area contributed by atoms with Gasteiger partial charge in [0.05, 0.1) is 5.02 Å². The highest BCUT2D eigenvalue weighted by molar-refractivity contribution is 14.1. The number of ketones is 1. The Morgan fingerprint density at radius 1 is 1.06 bits per heavy atom. The van der Waals surface area contributed by atoms with E-state index >= 15 is 0 Å². The molecule has 0 bridgehead atoms. The standard InChI is InChI=1S/C15H12ClIO/c1-9-7-13(14(16)8-10(9)2)15(18)11-3-5-12(17)6-4-11/h3-8H,1-2H3. The third-order valence-corrected chi connectivity index (χ3v) is 3.97. The van der Waals surface area contributed by atoms with Crippen LogP contribution in [0.15, 0.2) is 36.4 Å². The third-order valence-electron chi connectivity index (χ3n) is 2.93. The van der Waals surface area contributed by atoms with Crippen molar-refractivity contribution in [2.24, 2.45) is 0 Å². The SMILES string of the molecule is Cc1cc(Cl)c(C(=O)c2ccc(I)cc2)cc1C. The van der Waals surface area contributed by atoms with Gasteiger partial charge in [-0.3, -0.25) is 4.79 Å². The zero-order chi connectivity index (χ0) is 13.3. The number of hydrogen-bond donors (Lipinski definition) is 0. The quantitative estimate of drug-likeness (QED) is 0.548. The molecule has 2 aromatic rings. The van der Waals surface area contributed by atoms with Crippen LogP contribution < -0.4 is 0 Å². The van der Waals surface area contributed by atoms with Gasteiger partial charge >= 0.3 is 0 Å². The van der Waals surface area contributed by atoms with Crippen LogP contribution in [0.3, 0.4) is 0 Å². The summed E-state index contributed by atoms with van der Waals surface area (Å²) in [4.78, 5) is 12.4. The molecule has 3 heteroatoms. The van der Waals surface area contributed by atoms with E-state index in [-0.39, 0.29) is 5.78 Å². The molecular formula is C15H12ClIO. The molecule has 0 aliphatic rings. The van der Waals surface area contributed by atoms with Crippen molar-refractivity contribution in [2.75, 3.05) is 0 Å². The summed E-state index contributed by atoms with van der Waals surface area (Å²) in [5, 5.41) is 0.515. The van der Waals surface area contributed by atoms with Crippen molar-refractivity contribution in [3.05, 3.63) is 67.2 Å². The van der Waals surface area contributed by atoms with Crippen LogP contribution in [0.25, 0.3) is 0 Å². The number of benzene rings is 2. The van der Waals surface area contributed by atoms with Crippen LogP contribution in [-0.2, 0) is 0 Å². The largest absolute Gasteiger partial charge is 0.289 e. The van der Waals surface area contributed by atoms with E-state index < -0.39 is 0 Å². The van der Waals surface area contributed by atoms with Crippen molar-refractivity contribution < 1.29 is 4.79 Å². The van der Waals surface area contributed by atoms with Crippen molar-refractivity contribution in [1.29, 1.82) is 0 Å². The summed E-state index contributed by atoms with van der Waals surface area (Å²) in [6.07, 6.45) is 0. The minimum absolute atomic E-state index is 0.0282. The first-order valence-corrected chi connectivity index (χ1v) is 7.01. The van der Waals surface area contributed by atoms with Gasteiger partial charge in [0.2, 0.25) is 0 Å². The van der Waals surface area contributed by atoms with Crippen molar-refractivity contribution in [1.82, 2.24) is 0 Å². The molecule has 1 nitrogen and oxygen atoms in total. The second kappa shape index (κ2) is 5.41. The molecule has 0 spiro atoms. The van der Waals surface area contributed by atoms with E-state index in [9.17, 15) is 4.79 Å². The smallest absolute Gasteiger partial charge is 0.194 e. The second-order valence-corrected chi connectivity index (χ2v) is 5.91. The van der Waals surface area contributed by atoms with Gasteiger partial charge in [-0.1, -0.05) is 11.6 Å². The highest BCUT2D eigenvalue weighted by Crippen LogP contribution is 2.23. The Labute approximate surface area is 125 Å². The summed E-state index contributed by atoms with van der Waals surface area (Å²) in [6.45, 7) is 3.97. The number of rotatable bonds is 2. The first-order chi connectivity index (χ1) is 8.49. The minimum atomic E-state index is -0.0282. The van der Waals surface area contributed by atoms with Crippen molar-refractivity contribution in [3.63, 3.8) is 0 Å². The molecule has 92 valence electrons. The van der Waals surface area contributed by atoms with Gasteiger partial charge in [0.15, 0.2) is 5.78 Å². The van der Waals surface area contributed by atoms with Crippen LogP contribution in [0.2, 0.25) is 5.02 Å². The van der Waals surface area contributed by atoms with Gasteiger partial charge in [0.25, 0.3) is 0 Å². The first-order valence-electron chi connectivity index (χ1n) is 5.56. The average Bonchev–Trinajstić information content (AvgIpc) is 2.34. The lowest BCUT2D eigenvalue weighted by Gasteiger charge is -2.07. The number of halogens is 2. The number of carbonyl (C=O) groups excluding carboxylic acids is 1. The second-order valence-electron chi connectivity index (χ2n) is 4.25. The van der Waals surface area contributed by atoms with E-state index in [0.29, 0.717) is 16.1 Å². The Morgan fingerprint density at radius 2 is 1.61 bits per heavy atom. The number of hydrogen-bond acceptors (Lipinski definition) is 1. The van der Waals surface area contributed by atoms with Crippen molar-refractivity contribution >= 4 is 40.0 Å². The van der Waals surface area contributed by atoms with Crippen molar-refractivity contribution in [2.45, 2.75) is 13.8 Å². The van der Waals surface area contributed by atoms with E-state index in [2.05, 4.69) is 22.6 Å². The predicted molar refractivity (Wildman–Crippen MR) is 83.5 cm³/mol. The van der Waals surface area contributed by atoms with E-state index in [1.54, 1.807) is 0 Å². The maximum Gasteiger partial charge on any atom is 0.194 e. The molecule has 0 fully saturated rings. The van der Waals surface area contributed by atoms with Gasteiger partial charge < -0.3 is 0 Å². The molecule has 18 heavy (non-hydrogen) atoms. The normalized spacial score (nSPS) is 10.4. The molecule has 0 saturated heterocycles. The summed E-state index contributed by atoms with van der Waals surface area (Å²) in [6, 6.07) is 11.2. The zero-order valence-corrected chi connectivity index (χ0v) is 13.0. The fourth-order valence-corrected chi connectivity index (χ4v) is 2.38.